The van der Waals surface area contributed by atoms with E-state index in [2.05, 4.69) is 47.6 Å². The van der Waals surface area contributed by atoms with Gasteiger partial charge in [-0.2, -0.15) is 0 Å². The van der Waals surface area contributed by atoms with E-state index in [4.69, 9.17) is 0 Å². The van der Waals surface area contributed by atoms with Gasteiger partial charge >= 0.3 is 0 Å². The number of rotatable bonds is 5. The Morgan fingerprint density at radius 1 is 1.26 bits per heavy atom. The summed E-state index contributed by atoms with van der Waals surface area (Å²) in [7, 11) is 1.99. The fourth-order valence-electron chi connectivity index (χ4n) is 1.77. The second kappa shape index (κ2) is 6.21. The lowest BCUT2D eigenvalue weighted by Crippen LogP contribution is -2.12. The molecular weight excluding hydrogens is 256 g/mol. The molecule has 102 valence electrons. The van der Waals surface area contributed by atoms with E-state index >= 15 is 0 Å². The van der Waals surface area contributed by atoms with Crippen LogP contribution in [0.5, 0.6) is 0 Å². The van der Waals surface area contributed by atoms with Crippen molar-refractivity contribution in [1.82, 2.24) is 20.1 Å². The van der Waals surface area contributed by atoms with Gasteiger partial charge in [0, 0.05) is 18.5 Å². The second-order valence-electron chi connectivity index (χ2n) is 4.56. The first kappa shape index (κ1) is 14.1. The Hall–Kier alpha value is -1.33. The molecule has 2 rings (SSSR count). The molecule has 1 heterocycles. The van der Waals surface area contributed by atoms with Gasteiger partial charge in [0.1, 0.15) is 5.82 Å². The fraction of sp³-hybridized carbons (Fsp3) is 0.429. The van der Waals surface area contributed by atoms with Gasteiger partial charge in [-0.25, -0.2) is 0 Å². The number of aromatic nitrogens is 3. The summed E-state index contributed by atoms with van der Waals surface area (Å²) in [6.45, 7) is 8.15. The third kappa shape index (κ3) is 3.36. The SMILES string of the molecule is CCNCc1ccc(Sc2nnc(C)n2C)cc1C. The first-order valence-corrected chi connectivity index (χ1v) is 7.27. The summed E-state index contributed by atoms with van der Waals surface area (Å²) in [4.78, 5) is 1.20. The zero-order valence-corrected chi connectivity index (χ0v) is 12.7. The molecule has 0 aliphatic carbocycles. The summed E-state index contributed by atoms with van der Waals surface area (Å²) in [5, 5.41) is 12.5. The number of nitrogens with zero attached hydrogens (tertiary/aromatic N) is 3. The van der Waals surface area contributed by atoms with Crippen LogP contribution in [0.2, 0.25) is 0 Å². The first-order chi connectivity index (χ1) is 9.11. The monoisotopic (exact) mass is 276 g/mol. The molecule has 0 saturated heterocycles. The molecule has 5 heteroatoms. The Bertz CT molecular complexity index is 563. The van der Waals surface area contributed by atoms with Gasteiger partial charge in [-0.15, -0.1) is 10.2 Å². The van der Waals surface area contributed by atoms with Crippen molar-refractivity contribution < 1.29 is 0 Å². The maximum Gasteiger partial charge on any atom is 0.195 e. The summed E-state index contributed by atoms with van der Waals surface area (Å²) in [5.41, 5.74) is 2.66. The number of nitrogens with one attached hydrogen (secondary N) is 1. The van der Waals surface area contributed by atoms with Gasteiger partial charge in [-0.05, 0) is 55.4 Å². The maximum absolute atomic E-state index is 4.18. The molecule has 1 aromatic carbocycles. The van der Waals surface area contributed by atoms with Crippen LogP contribution >= 0.6 is 11.8 Å². The average Bonchev–Trinajstić information content (AvgIpc) is 2.70. The molecular formula is C14H20N4S. The predicted octanol–water partition coefficient (Wildman–Crippen LogP) is 2.69. The molecule has 0 saturated carbocycles. The molecule has 4 nitrogen and oxygen atoms in total. The second-order valence-corrected chi connectivity index (χ2v) is 5.60. The topological polar surface area (TPSA) is 42.7 Å². The predicted molar refractivity (Wildman–Crippen MR) is 78.4 cm³/mol. The average molecular weight is 276 g/mol. The van der Waals surface area contributed by atoms with E-state index in [0.717, 1.165) is 24.1 Å². The summed E-state index contributed by atoms with van der Waals surface area (Å²) < 4.78 is 2.01. The third-order valence-electron chi connectivity index (χ3n) is 3.14. The lowest BCUT2D eigenvalue weighted by atomic mass is 10.1. The minimum absolute atomic E-state index is 0.927. The van der Waals surface area contributed by atoms with Crippen LogP contribution in [-0.2, 0) is 13.6 Å². The molecule has 0 spiro atoms. The lowest BCUT2D eigenvalue weighted by molar-refractivity contribution is 0.723. The highest BCUT2D eigenvalue weighted by molar-refractivity contribution is 7.99. The minimum atomic E-state index is 0.927. The van der Waals surface area contributed by atoms with E-state index in [9.17, 15) is 0 Å². The Morgan fingerprint density at radius 2 is 2.05 bits per heavy atom. The van der Waals surface area contributed by atoms with Gasteiger partial charge in [-0.1, -0.05) is 13.0 Å². The van der Waals surface area contributed by atoms with Crippen molar-refractivity contribution in [2.24, 2.45) is 7.05 Å². The number of hydrogen-bond donors (Lipinski definition) is 1. The highest BCUT2D eigenvalue weighted by Crippen LogP contribution is 2.27. The van der Waals surface area contributed by atoms with Gasteiger partial charge in [0.05, 0.1) is 0 Å². The minimum Gasteiger partial charge on any atom is -0.313 e. The molecule has 0 amide bonds. The molecule has 0 atom stereocenters. The van der Waals surface area contributed by atoms with Gasteiger partial charge in [0.2, 0.25) is 0 Å². The molecule has 0 aliphatic rings. The molecule has 1 N–H and O–H groups in total. The summed E-state index contributed by atoms with van der Waals surface area (Å²) in [5.74, 6) is 0.933. The van der Waals surface area contributed by atoms with E-state index in [1.807, 2.05) is 18.5 Å². The van der Waals surface area contributed by atoms with Crippen molar-refractivity contribution in [1.29, 1.82) is 0 Å². The quantitative estimate of drug-likeness (QED) is 0.912. The molecule has 1 aromatic heterocycles. The third-order valence-corrected chi connectivity index (χ3v) is 4.17. The largest absolute Gasteiger partial charge is 0.313 e. The maximum atomic E-state index is 4.18. The molecule has 0 fully saturated rings. The van der Waals surface area contributed by atoms with Crippen molar-refractivity contribution in [3.63, 3.8) is 0 Å². The standard InChI is InChI=1S/C14H20N4S/c1-5-15-9-12-6-7-13(8-10(12)2)19-14-17-16-11(3)18(14)4/h6-8,15H,5,9H2,1-4H3. The zero-order chi connectivity index (χ0) is 13.8. The Labute approximate surface area is 118 Å². The first-order valence-electron chi connectivity index (χ1n) is 6.46. The highest BCUT2D eigenvalue weighted by atomic mass is 32.2. The molecule has 19 heavy (non-hydrogen) atoms. The van der Waals surface area contributed by atoms with E-state index in [0.29, 0.717) is 0 Å². The number of aryl methyl sites for hydroxylation is 2. The van der Waals surface area contributed by atoms with Crippen LogP contribution in [-0.4, -0.2) is 21.3 Å². The van der Waals surface area contributed by atoms with Crippen LogP contribution < -0.4 is 5.32 Å². The molecule has 0 radical (unpaired) electrons. The van der Waals surface area contributed by atoms with Gasteiger partial charge in [-0.3, -0.25) is 0 Å². The smallest absolute Gasteiger partial charge is 0.195 e. The van der Waals surface area contributed by atoms with Crippen molar-refractivity contribution in [3.8, 4) is 0 Å². The van der Waals surface area contributed by atoms with Gasteiger partial charge < -0.3 is 9.88 Å². The van der Waals surface area contributed by atoms with Crippen molar-refractivity contribution >= 4 is 11.8 Å². The summed E-state index contributed by atoms with van der Waals surface area (Å²) >= 11 is 1.65. The van der Waals surface area contributed by atoms with Crippen LogP contribution in [0.3, 0.4) is 0 Å². The highest BCUT2D eigenvalue weighted by Gasteiger charge is 2.08. The van der Waals surface area contributed by atoms with E-state index in [1.165, 1.54) is 16.0 Å². The lowest BCUT2D eigenvalue weighted by Gasteiger charge is -2.08. The zero-order valence-electron chi connectivity index (χ0n) is 11.9. The molecule has 0 bridgehead atoms. The van der Waals surface area contributed by atoms with E-state index < -0.39 is 0 Å². The molecule has 0 aliphatic heterocycles. The van der Waals surface area contributed by atoms with Crippen LogP contribution in [0.1, 0.15) is 23.9 Å². The summed E-state index contributed by atoms with van der Waals surface area (Å²) in [6.07, 6.45) is 0. The molecule has 2 aromatic rings. The Kier molecular flexibility index (Phi) is 4.61. The van der Waals surface area contributed by atoms with Crippen molar-refractivity contribution in [3.05, 3.63) is 35.2 Å². The summed E-state index contributed by atoms with van der Waals surface area (Å²) in [6, 6.07) is 6.54. The van der Waals surface area contributed by atoms with Crippen molar-refractivity contribution in [2.75, 3.05) is 6.54 Å². The molecule has 0 unspecified atom stereocenters. The Morgan fingerprint density at radius 3 is 2.63 bits per heavy atom. The number of hydrogen-bond acceptors (Lipinski definition) is 4. The van der Waals surface area contributed by atoms with Crippen LogP contribution in [0.25, 0.3) is 0 Å². The van der Waals surface area contributed by atoms with Gasteiger partial charge in [0.15, 0.2) is 5.16 Å². The fourth-order valence-corrected chi connectivity index (χ4v) is 2.71. The van der Waals surface area contributed by atoms with Crippen molar-refractivity contribution in [2.45, 2.75) is 37.4 Å². The normalized spacial score (nSPS) is 10.9. The number of benzene rings is 1. The van der Waals surface area contributed by atoms with Gasteiger partial charge in [0.25, 0.3) is 0 Å². The Balaban J connectivity index is 2.14. The van der Waals surface area contributed by atoms with Crippen LogP contribution in [0.15, 0.2) is 28.3 Å². The van der Waals surface area contributed by atoms with E-state index in [-0.39, 0.29) is 0 Å². The van der Waals surface area contributed by atoms with Crippen LogP contribution in [0, 0.1) is 13.8 Å². The van der Waals surface area contributed by atoms with Crippen LogP contribution in [0.4, 0.5) is 0 Å². The van der Waals surface area contributed by atoms with E-state index in [1.54, 1.807) is 11.8 Å².